The van der Waals surface area contributed by atoms with Crippen LogP contribution in [-0.2, 0) is 16.0 Å². The number of nitrogens with one attached hydrogen (secondary N) is 1. The van der Waals surface area contributed by atoms with Gasteiger partial charge in [0.15, 0.2) is 0 Å². The molecule has 0 radical (unpaired) electrons. The van der Waals surface area contributed by atoms with E-state index in [2.05, 4.69) is 5.32 Å². The smallest absolute Gasteiger partial charge is 0.240 e. The molecular weight excluding hydrogens is 228 g/mol. The van der Waals surface area contributed by atoms with E-state index in [4.69, 9.17) is 5.73 Å². The van der Waals surface area contributed by atoms with E-state index in [1.807, 2.05) is 31.2 Å². The highest BCUT2D eigenvalue weighted by molar-refractivity contribution is 5.88. The summed E-state index contributed by atoms with van der Waals surface area (Å²) in [5.41, 5.74) is 7.49. The molecule has 2 amide bonds. The summed E-state index contributed by atoms with van der Waals surface area (Å²) in [7, 11) is 0. The molecular formula is C14H18N2O2. The number of hydrogen-bond acceptors (Lipinski definition) is 2. The standard InChI is InChI=1S/C14H18N2O2/c1-9-4-2-3-5-11(9)8-12(13(15)17)16-14(18)10-6-7-10/h2-5,10,12H,6-8H2,1H3,(H2,15,17)(H,16,18)/t12-/m1/s1. The van der Waals surface area contributed by atoms with Gasteiger partial charge in [-0.25, -0.2) is 0 Å². The summed E-state index contributed by atoms with van der Waals surface area (Å²) in [5.74, 6) is -0.441. The van der Waals surface area contributed by atoms with Crippen LogP contribution in [0.3, 0.4) is 0 Å². The van der Waals surface area contributed by atoms with Gasteiger partial charge in [-0.3, -0.25) is 9.59 Å². The Balaban J connectivity index is 2.04. The number of rotatable bonds is 5. The summed E-state index contributed by atoms with van der Waals surface area (Å²) in [6.07, 6.45) is 2.30. The highest BCUT2D eigenvalue weighted by Crippen LogP contribution is 2.29. The first-order valence-electron chi connectivity index (χ1n) is 6.22. The lowest BCUT2D eigenvalue weighted by Gasteiger charge is -2.16. The predicted molar refractivity (Wildman–Crippen MR) is 68.7 cm³/mol. The first-order valence-corrected chi connectivity index (χ1v) is 6.22. The normalized spacial score (nSPS) is 16.1. The largest absolute Gasteiger partial charge is 0.368 e. The van der Waals surface area contributed by atoms with Gasteiger partial charge < -0.3 is 11.1 Å². The van der Waals surface area contributed by atoms with Gasteiger partial charge in [-0.2, -0.15) is 0 Å². The van der Waals surface area contributed by atoms with E-state index in [1.54, 1.807) is 0 Å². The van der Waals surface area contributed by atoms with Crippen molar-refractivity contribution in [3.8, 4) is 0 Å². The van der Waals surface area contributed by atoms with Crippen molar-refractivity contribution in [3.05, 3.63) is 35.4 Å². The number of primary amides is 1. The van der Waals surface area contributed by atoms with Crippen LogP contribution in [-0.4, -0.2) is 17.9 Å². The Morgan fingerprint density at radius 2 is 2.06 bits per heavy atom. The average molecular weight is 246 g/mol. The molecule has 0 unspecified atom stereocenters. The van der Waals surface area contributed by atoms with Gasteiger partial charge in [0.2, 0.25) is 11.8 Å². The maximum absolute atomic E-state index is 11.7. The fourth-order valence-corrected chi connectivity index (χ4v) is 1.92. The molecule has 4 nitrogen and oxygen atoms in total. The van der Waals surface area contributed by atoms with E-state index in [-0.39, 0.29) is 11.8 Å². The number of benzene rings is 1. The van der Waals surface area contributed by atoms with Crippen LogP contribution >= 0.6 is 0 Å². The molecule has 0 spiro atoms. The van der Waals surface area contributed by atoms with Gasteiger partial charge in [-0.15, -0.1) is 0 Å². The molecule has 18 heavy (non-hydrogen) atoms. The van der Waals surface area contributed by atoms with Crippen LogP contribution in [0.4, 0.5) is 0 Å². The maximum atomic E-state index is 11.7. The Bertz CT molecular complexity index is 467. The van der Waals surface area contributed by atoms with Gasteiger partial charge >= 0.3 is 0 Å². The highest BCUT2D eigenvalue weighted by Gasteiger charge is 2.32. The number of carbonyl (C=O) groups excluding carboxylic acids is 2. The molecule has 3 N–H and O–H groups in total. The fourth-order valence-electron chi connectivity index (χ4n) is 1.92. The number of hydrogen-bond donors (Lipinski definition) is 2. The van der Waals surface area contributed by atoms with Gasteiger partial charge in [0.05, 0.1) is 0 Å². The molecule has 96 valence electrons. The van der Waals surface area contributed by atoms with E-state index in [1.165, 1.54) is 0 Å². The van der Waals surface area contributed by atoms with Crippen LogP contribution in [0.25, 0.3) is 0 Å². The third-order valence-corrected chi connectivity index (χ3v) is 3.29. The zero-order valence-corrected chi connectivity index (χ0v) is 10.5. The Labute approximate surface area is 107 Å². The highest BCUT2D eigenvalue weighted by atomic mass is 16.2. The monoisotopic (exact) mass is 246 g/mol. The third kappa shape index (κ3) is 3.09. The van der Waals surface area contributed by atoms with Crippen LogP contribution in [0.5, 0.6) is 0 Å². The van der Waals surface area contributed by atoms with Crippen molar-refractivity contribution >= 4 is 11.8 Å². The van der Waals surface area contributed by atoms with Gasteiger partial charge in [0, 0.05) is 12.3 Å². The molecule has 4 heteroatoms. The number of carbonyl (C=O) groups is 2. The van der Waals surface area contributed by atoms with Crippen LogP contribution in [0.15, 0.2) is 24.3 Å². The minimum Gasteiger partial charge on any atom is -0.368 e. The van der Waals surface area contributed by atoms with E-state index in [0.29, 0.717) is 6.42 Å². The minimum atomic E-state index is -0.612. The molecule has 1 aliphatic rings. The summed E-state index contributed by atoms with van der Waals surface area (Å²) < 4.78 is 0. The SMILES string of the molecule is Cc1ccccc1C[C@@H](NC(=O)C1CC1)C(N)=O. The molecule has 1 aromatic carbocycles. The fraction of sp³-hybridized carbons (Fsp3) is 0.429. The second-order valence-electron chi connectivity index (χ2n) is 4.87. The van der Waals surface area contributed by atoms with E-state index >= 15 is 0 Å². The molecule has 1 aromatic rings. The summed E-state index contributed by atoms with van der Waals surface area (Å²) in [6, 6.07) is 7.19. The Morgan fingerprint density at radius 1 is 1.39 bits per heavy atom. The van der Waals surface area contributed by atoms with Gasteiger partial charge in [0.1, 0.15) is 6.04 Å². The van der Waals surface area contributed by atoms with Crippen LogP contribution in [0.1, 0.15) is 24.0 Å². The predicted octanol–water partition coefficient (Wildman–Crippen LogP) is 0.918. The maximum Gasteiger partial charge on any atom is 0.240 e. The summed E-state index contributed by atoms with van der Waals surface area (Å²) in [4.78, 5) is 23.1. The lowest BCUT2D eigenvalue weighted by Crippen LogP contribution is -2.46. The number of amides is 2. The molecule has 1 atom stereocenters. The first-order chi connectivity index (χ1) is 8.58. The molecule has 0 saturated heterocycles. The topological polar surface area (TPSA) is 72.2 Å². The zero-order valence-electron chi connectivity index (χ0n) is 10.5. The third-order valence-electron chi connectivity index (χ3n) is 3.29. The molecule has 0 aliphatic heterocycles. The van der Waals surface area contributed by atoms with Crippen LogP contribution in [0, 0.1) is 12.8 Å². The quantitative estimate of drug-likeness (QED) is 0.810. The first kappa shape index (κ1) is 12.6. The van der Waals surface area contributed by atoms with E-state index in [9.17, 15) is 9.59 Å². The second-order valence-corrected chi connectivity index (χ2v) is 4.87. The molecule has 0 bridgehead atoms. The van der Waals surface area contributed by atoms with Crippen molar-refractivity contribution < 1.29 is 9.59 Å². The van der Waals surface area contributed by atoms with E-state index < -0.39 is 11.9 Å². The molecule has 1 aliphatic carbocycles. The zero-order chi connectivity index (χ0) is 13.1. The van der Waals surface area contributed by atoms with Crippen molar-refractivity contribution in [3.63, 3.8) is 0 Å². The van der Waals surface area contributed by atoms with Crippen LogP contribution < -0.4 is 11.1 Å². The second kappa shape index (κ2) is 5.21. The molecule has 1 saturated carbocycles. The molecule has 1 fully saturated rings. The summed E-state index contributed by atoms with van der Waals surface area (Å²) >= 11 is 0. The summed E-state index contributed by atoms with van der Waals surface area (Å²) in [5, 5.41) is 2.74. The Morgan fingerprint density at radius 3 is 2.61 bits per heavy atom. The van der Waals surface area contributed by atoms with E-state index in [0.717, 1.165) is 24.0 Å². The van der Waals surface area contributed by atoms with Crippen molar-refractivity contribution in [2.24, 2.45) is 11.7 Å². The Kier molecular flexibility index (Phi) is 3.65. The number of nitrogens with two attached hydrogens (primary N) is 1. The van der Waals surface area contributed by atoms with Crippen molar-refractivity contribution in [2.75, 3.05) is 0 Å². The van der Waals surface area contributed by atoms with Crippen molar-refractivity contribution in [1.82, 2.24) is 5.32 Å². The lowest BCUT2D eigenvalue weighted by atomic mass is 10.0. The molecule has 0 aromatic heterocycles. The minimum absolute atomic E-state index is 0.0487. The average Bonchev–Trinajstić information content (AvgIpc) is 3.14. The molecule has 2 rings (SSSR count). The lowest BCUT2D eigenvalue weighted by molar-refractivity contribution is -0.128. The van der Waals surface area contributed by atoms with Gasteiger partial charge in [-0.1, -0.05) is 24.3 Å². The van der Waals surface area contributed by atoms with Crippen molar-refractivity contribution in [2.45, 2.75) is 32.2 Å². The van der Waals surface area contributed by atoms with Gasteiger partial charge in [0.25, 0.3) is 0 Å². The molecule has 0 heterocycles. The van der Waals surface area contributed by atoms with Gasteiger partial charge in [-0.05, 0) is 30.9 Å². The van der Waals surface area contributed by atoms with Crippen LogP contribution in [0.2, 0.25) is 0 Å². The van der Waals surface area contributed by atoms with Crippen molar-refractivity contribution in [1.29, 1.82) is 0 Å². The summed E-state index contributed by atoms with van der Waals surface area (Å²) in [6.45, 7) is 1.98. The number of aryl methyl sites for hydroxylation is 1. The Hall–Kier alpha value is -1.84.